The Kier molecular flexibility index (Phi) is 5.13. The molecule has 1 nitrogen and oxygen atoms in total. The Labute approximate surface area is 126 Å². The fraction of sp³-hybridized carbons (Fsp3) is 0.333. The molecule has 1 unspecified atom stereocenters. The van der Waals surface area contributed by atoms with Gasteiger partial charge in [-0.3, -0.25) is 0 Å². The van der Waals surface area contributed by atoms with Crippen LogP contribution in [-0.2, 0) is 6.42 Å². The Morgan fingerprint density at radius 3 is 2.70 bits per heavy atom. The first kappa shape index (κ1) is 15.4. The zero-order valence-electron chi connectivity index (χ0n) is 11.3. The summed E-state index contributed by atoms with van der Waals surface area (Å²) in [6.45, 7) is 4.67. The van der Waals surface area contributed by atoms with Crippen molar-refractivity contribution < 1.29 is 8.78 Å². The van der Waals surface area contributed by atoms with Crippen molar-refractivity contribution in [2.45, 2.75) is 26.3 Å². The molecule has 0 saturated carbocycles. The fourth-order valence-corrected chi connectivity index (χ4v) is 3.39. The molecule has 2 aromatic rings. The van der Waals surface area contributed by atoms with E-state index in [0.717, 1.165) is 27.4 Å². The molecule has 0 radical (unpaired) electrons. The molecular weight excluding hydrogens is 300 g/mol. The molecule has 1 N–H and O–H groups in total. The van der Waals surface area contributed by atoms with E-state index in [1.165, 1.54) is 17.4 Å². The van der Waals surface area contributed by atoms with E-state index in [0.29, 0.717) is 12.0 Å². The van der Waals surface area contributed by atoms with Crippen LogP contribution in [0.1, 0.15) is 29.0 Å². The third-order valence-electron chi connectivity index (χ3n) is 3.13. The van der Waals surface area contributed by atoms with Crippen molar-refractivity contribution in [3.63, 3.8) is 0 Å². The maximum absolute atomic E-state index is 13.8. The maximum Gasteiger partial charge on any atom is 0.162 e. The van der Waals surface area contributed by atoms with Crippen LogP contribution in [0.2, 0.25) is 4.34 Å². The summed E-state index contributed by atoms with van der Waals surface area (Å²) in [4.78, 5) is 1.04. The van der Waals surface area contributed by atoms with E-state index in [4.69, 9.17) is 11.6 Å². The molecule has 0 spiro atoms. The minimum Gasteiger partial charge on any atom is -0.309 e. The topological polar surface area (TPSA) is 12.0 Å². The maximum atomic E-state index is 13.8. The molecule has 1 aromatic carbocycles. The molecule has 0 fully saturated rings. The Balaban J connectivity index is 2.27. The number of likely N-dealkylation sites (N-methyl/N-ethyl adjacent to an activating group) is 1. The minimum atomic E-state index is -0.807. The van der Waals surface area contributed by atoms with E-state index in [9.17, 15) is 8.78 Å². The zero-order chi connectivity index (χ0) is 14.7. The van der Waals surface area contributed by atoms with E-state index in [1.54, 1.807) is 6.07 Å². The molecule has 2 rings (SSSR count). The molecule has 1 aromatic heterocycles. The Bertz CT molecular complexity index is 578. The number of hydrogen-bond donors (Lipinski definition) is 1. The predicted molar refractivity (Wildman–Crippen MR) is 80.5 cm³/mol. The molecule has 0 aliphatic rings. The van der Waals surface area contributed by atoms with E-state index >= 15 is 0 Å². The standard InChI is InChI=1S/C15H16ClF2NS/c1-3-19-12(13-7-9(2)15(16)20-13)8-10-5-4-6-11(17)14(10)18/h4-7,12,19H,3,8H2,1-2H3. The van der Waals surface area contributed by atoms with Gasteiger partial charge in [0.1, 0.15) is 0 Å². The van der Waals surface area contributed by atoms with Crippen molar-refractivity contribution in [1.82, 2.24) is 5.32 Å². The van der Waals surface area contributed by atoms with Gasteiger partial charge in [-0.25, -0.2) is 8.78 Å². The number of aryl methyl sites for hydroxylation is 1. The van der Waals surface area contributed by atoms with Gasteiger partial charge in [0.2, 0.25) is 0 Å². The second kappa shape index (κ2) is 6.66. The lowest BCUT2D eigenvalue weighted by molar-refractivity contribution is 0.483. The molecule has 0 bridgehead atoms. The van der Waals surface area contributed by atoms with Crippen molar-refractivity contribution in [3.8, 4) is 0 Å². The third kappa shape index (κ3) is 3.37. The zero-order valence-corrected chi connectivity index (χ0v) is 12.9. The summed E-state index contributed by atoms with van der Waals surface area (Å²) in [7, 11) is 0. The highest BCUT2D eigenvalue weighted by Gasteiger charge is 2.18. The van der Waals surface area contributed by atoms with E-state index in [-0.39, 0.29) is 6.04 Å². The number of benzene rings is 1. The van der Waals surface area contributed by atoms with Gasteiger partial charge >= 0.3 is 0 Å². The number of hydrogen-bond acceptors (Lipinski definition) is 2. The van der Waals surface area contributed by atoms with Crippen LogP contribution in [0, 0.1) is 18.6 Å². The first-order chi connectivity index (χ1) is 9.52. The quantitative estimate of drug-likeness (QED) is 0.829. The van der Waals surface area contributed by atoms with Crippen molar-refractivity contribution in [2.75, 3.05) is 6.54 Å². The second-order valence-corrected chi connectivity index (χ2v) is 6.32. The van der Waals surface area contributed by atoms with Gasteiger partial charge in [-0.1, -0.05) is 30.7 Å². The normalized spacial score (nSPS) is 12.7. The summed E-state index contributed by atoms with van der Waals surface area (Å²) in [5.41, 5.74) is 1.38. The minimum absolute atomic E-state index is 0.0625. The lowest BCUT2D eigenvalue weighted by atomic mass is 10.0. The molecule has 5 heteroatoms. The van der Waals surface area contributed by atoms with E-state index < -0.39 is 11.6 Å². The number of thiophene rings is 1. The van der Waals surface area contributed by atoms with Crippen molar-refractivity contribution in [1.29, 1.82) is 0 Å². The summed E-state index contributed by atoms with van der Waals surface area (Å²) in [5.74, 6) is -1.58. The van der Waals surface area contributed by atoms with Gasteiger partial charge in [-0.15, -0.1) is 11.3 Å². The Hall–Kier alpha value is -0.970. The summed E-state index contributed by atoms with van der Waals surface area (Å²) >= 11 is 7.57. The molecule has 20 heavy (non-hydrogen) atoms. The largest absolute Gasteiger partial charge is 0.309 e. The van der Waals surface area contributed by atoms with Gasteiger partial charge in [0, 0.05) is 10.9 Å². The molecule has 1 heterocycles. The van der Waals surface area contributed by atoms with Crippen LogP contribution >= 0.6 is 22.9 Å². The lowest BCUT2D eigenvalue weighted by Crippen LogP contribution is -2.22. The SMILES string of the molecule is CCNC(Cc1cccc(F)c1F)c1cc(C)c(Cl)s1. The Morgan fingerprint density at radius 1 is 1.35 bits per heavy atom. The average molecular weight is 316 g/mol. The first-order valence-electron chi connectivity index (χ1n) is 6.45. The summed E-state index contributed by atoms with van der Waals surface area (Å²) in [5, 5.41) is 3.30. The average Bonchev–Trinajstić information content (AvgIpc) is 2.74. The fourth-order valence-electron chi connectivity index (χ4n) is 2.10. The van der Waals surface area contributed by atoms with Gasteiger partial charge in [-0.05, 0) is 43.1 Å². The molecule has 0 aliphatic heterocycles. The van der Waals surface area contributed by atoms with Gasteiger partial charge in [0.25, 0.3) is 0 Å². The van der Waals surface area contributed by atoms with Crippen molar-refractivity contribution in [2.24, 2.45) is 0 Å². The second-order valence-electron chi connectivity index (χ2n) is 4.63. The van der Waals surface area contributed by atoms with Gasteiger partial charge in [0.05, 0.1) is 4.34 Å². The monoisotopic (exact) mass is 315 g/mol. The molecule has 0 aliphatic carbocycles. The summed E-state index contributed by atoms with van der Waals surface area (Å²) < 4.78 is 27.8. The highest BCUT2D eigenvalue weighted by molar-refractivity contribution is 7.16. The van der Waals surface area contributed by atoms with Gasteiger partial charge < -0.3 is 5.32 Å². The van der Waals surface area contributed by atoms with Crippen LogP contribution < -0.4 is 5.32 Å². The third-order valence-corrected chi connectivity index (χ3v) is 4.79. The lowest BCUT2D eigenvalue weighted by Gasteiger charge is -2.17. The van der Waals surface area contributed by atoms with Crippen LogP contribution in [0.25, 0.3) is 0 Å². The highest BCUT2D eigenvalue weighted by atomic mass is 35.5. The molecular formula is C15H16ClF2NS. The van der Waals surface area contributed by atoms with Crippen molar-refractivity contribution >= 4 is 22.9 Å². The van der Waals surface area contributed by atoms with Gasteiger partial charge in [-0.2, -0.15) is 0 Å². The van der Waals surface area contributed by atoms with E-state index in [1.807, 2.05) is 19.9 Å². The summed E-state index contributed by atoms with van der Waals surface area (Å²) in [6, 6.07) is 6.21. The predicted octanol–water partition coefficient (Wildman–Crippen LogP) is 4.88. The molecule has 108 valence electrons. The first-order valence-corrected chi connectivity index (χ1v) is 7.64. The summed E-state index contributed by atoms with van der Waals surface area (Å²) in [6.07, 6.45) is 0.397. The molecule has 0 saturated heterocycles. The molecule has 0 amide bonds. The molecule has 1 atom stereocenters. The van der Waals surface area contributed by atoms with Gasteiger partial charge in [0.15, 0.2) is 11.6 Å². The highest BCUT2D eigenvalue weighted by Crippen LogP contribution is 2.33. The Morgan fingerprint density at radius 2 is 2.10 bits per heavy atom. The number of rotatable bonds is 5. The van der Waals surface area contributed by atoms with Crippen LogP contribution in [0.5, 0.6) is 0 Å². The van der Waals surface area contributed by atoms with E-state index in [2.05, 4.69) is 5.32 Å². The van der Waals surface area contributed by atoms with Crippen LogP contribution in [0.4, 0.5) is 8.78 Å². The number of halogens is 3. The van der Waals surface area contributed by atoms with Crippen molar-refractivity contribution in [3.05, 3.63) is 56.2 Å². The smallest absolute Gasteiger partial charge is 0.162 e. The van der Waals surface area contributed by atoms with Crippen LogP contribution in [-0.4, -0.2) is 6.54 Å². The number of nitrogens with one attached hydrogen (secondary N) is 1. The van der Waals surface area contributed by atoms with Crippen LogP contribution in [0.3, 0.4) is 0 Å². The van der Waals surface area contributed by atoms with Crippen LogP contribution in [0.15, 0.2) is 24.3 Å².